The van der Waals surface area contributed by atoms with Crippen LogP contribution in [0.1, 0.15) is 43.2 Å². The Balaban J connectivity index is 1.98. The molecule has 1 nitrogen and oxygen atoms in total. The van der Waals surface area contributed by atoms with Crippen molar-refractivity contribution >= 4 is 0 Å². The highest BCUT2D eigenvalue weighted by Gasteiger charge is 2.23. The van der Waals surface area contributed by atoms with Crippen molar-refractivity contribution in [1.82, 2.24) is 0 Å². The molecule has 0 aliphatic heterocycles. The van der Waals surface area contributed by atoms with E-state index in [9.17, 15) is 5.11 Å². The summed E-state index contributed by atoms with van der Waals surface area (Å²) in [6.07, 6.45) is 7.78. The predicted molar refractivity (Wildman–Crippen MR) is 72.0 cm³/mol. The molecule has 1 saturated carbocycles. The van der Waals surface area contributed by atoms with Crippen molar-refractivity contribution in [2.24, 2.45) is 11.8 Å². The Labute approximate surface area is 105 Å². The molecule has 0 bridgehead atoms. The Morgan fingerprint density at radius 1 is 1.24 bits per heavy atom. The quantitative estimate of drug-likeness (QED) is 0.838. The van der Waals surface area contributed by atoms with E-state index in [0.29, 0.717) is 12.5 Å². The summed E-state index contributed by atoms with van der Waals surface area (Å²) < 4.78 is 0. The monoisotopic (exact) mass is 232 g/mol. The third-order valence-corrected chi connectivity index (χ3v) is 4.13. The van der Waals surface area contributed by atoms with Gasteiger partial charge >= 0.3 is 0 Å². The minimum atomic E-state index is 0.346. The zero-order valence-corrected chi connectivity index (χ0v) is 10.9. The smallest absolute Gasteiger partial charge is 0.0465 e. The van der Waals surface area contributed by atoms with Gasteiger partial charge in [-0.15, -0.1) is 0 Å². The summed E-state index contributed by atoms with van der Waals surface area (Å²) in [7, 11) is 0. The first-order chi connectivity index (χ1) is 8.29. The minimum Gasteiger partial charge on any atom is -0.396 e. The molecule has 1 N–H and O–H groups in total. The summed E-state index contributed by atoms with van der Waals surface area (Å²) in [5.74, 6) is 1.21. The van der Waals surface area contributed by atoms with Crippen LogP contribution in [-0.4, -0.2) is 11.7 Å². The van der Waals surface area contributed by atoms with Gasteiger partial charge in [0.15, 0.2) is 0 Å². The zero-order valence-electron chi connectivity index (χ0n) is 10.9. The van der Waals surface area contributed by atoms with E-state index in [-0.39, 0.29) is 0 Å². The first-order valence-corrected chi connectivity index (χ1v) is 6.96. The zero-order chi connectivity index (χ0) is 12.1. The molecule has 2 rings (SSSR count). The first-order valence-electron chi connectivity index (χ1n) is 6.96. The Morgan fingerprint density at radius 3 is 2.65 bits per heavy atom. The van der Waals surface area contributed by atoms with Crippen LogP contribution in [0.15, 0.2) is 24.3 Å². The average Bonchev–Trinajstić information content (AvgIpc) is 2.37. The largest absolute Gasteiger partial charge is 0.396 e. The second-order valence-electron chi connectivity index (χ2n) is 5.53. The van der Waals surface area contributed by atoms with Gasteiger partial charge in [0.25, 0.3) is 0 Å². The summed E-state index contributed by atoms with van der Waals surface area (Å²) in [5.41, 5.74) is 2.71. The van der Waals surface area contributed by atoms with E-state index in [1.165, 1.54) is 43.2 Å². The van der Waals surface area contributed by atoms with E-state index >= 15 is 0 Å². The second-order valence-corrected chi connectivity index (χ2v) is 5.53. The van der Waals surface area contributed by atoms with E-state index in [2.05, 4.69) is 31.2 Å². The van der Waals surface area contributed by atoms with Gasteiger partial charge in [0.2, 0.25) is 0 Å². The summed E-state index contributed by atoms with van der Waals surface area (Å²) in [5, 5.41) is 9.61. The molecule has 1 aliphatic rings. The lowest BCUT2D eigenvalue weighted by atomic mass is 9.78. The number of benzene rings is 1. The third-order valence-electron chi connectivity index (χ3n) is 4.13. The van der Waals surface area contributed by atoms with E-state index in [1.54, 1.807) is 0 Å². The molecule has 94 valence electrons. The molecule has 0 amide bonds. The van der Waals surface area contributed by atoms with Gasteiger partial charge in [-0.2, -0.15) is 0 Å². The minimum absolute atomic E-state index is 0.346. The molecule has 1 atom stereocenters. The number of aliphatic hydroxyl groups is 1. The van der Waals surface area contributed by atoms with Crippen molar-refractivity contribution in [2.75, 3.05) is 6.61 Å². The summed E-state index contributed by atoms with van der Waals surface area (Å²) in [4.78, 5) is 0. The van der Waals surface area contributed by atoms with Gasteiger partial charge in [-0.3, -0.25) is 0 Å². The molecule has 0 radical (unpaired) electrons. The van der Waals surface area contributed by atoms with E-state index in [1.807, 2.05) is 0 Å². The fourth-order valence-corrected chi connectivity index (χ4v) is 3.13. The van der Waals surface area contributed by atoms with Crippen LogP contribution in [0.5, 0.6) is 0 Å². The number of aliphatic hydroxyl groups excluding tert-OH is 1. The van der Waals surface area contributed by atoms with Crippen LogP contribution in [0, 0.1) is 18.8 Å². The number of hydrogen-bond donors (Lipinski definition) is 1. The maximum atomic E-state index is 9.61. The maximum Gasteiger partial charge on any atom is 0.0465 e. The lowest BCUT2D eigenvalue weighted by Gasteiger charge is -2.29. The van der Waals surface area contributed by atoms with Gasteiger partial charge in [-0.05, 0) is 30.7 Å². The molecule has 1 unspecified atom stereocenters. The number of aryl methyl sites for hydroxylation is 1. The average molecular weight is 232 g/mol. The molecular formula is C16H24O. The van der Waals surface area contributed by atoms with E-state index in [0.717, 1.165) is 12.3 Å². The first kappa shape index (κ1) is 12.6. The van der Waals surface area contributed by atoms with Crippen LogP contribution in [0.25, 0.3) is 0 Å². The van der Waals surface area contributed by atoms with Gasteiger partial charge in [-0.25, -0.2) is 0 Å². The third kappa shape index (κ3) is 3.57. The number of hydrogen-bond acceptors (Lipinski definition) is 1. The molecule has 1 fully saturated rings. The molecular weight excluding hydrogens is 208 g/mol. The molecule has 1 aromatic carbocycles. The molecule has 0 spiro atoms. The summed E-state index contributed by atoms with van der Waals surface area (Å²) >= 11 is 0. The van der Waals surface area contributed by atoms with Crippen LogP contribution in [-0.2, 0) is 6.42 Å². The predicted octanol–water partition coefficient (Wildman–Crippen LogP) is 3.73. The Kier molecular flexibility index (Phi) is 4.61. The van der Waals surface area contributed by atoms with Crippen molar-refractivity contribution < 1.29 is 5.11 Å². The van der Waals surface area contributed by atoms with Crippen molar-refractivity contribution in [3.8, 4) is 0 Å². The Morgan fingerprint density at radius 2 is 2.00 bits per heavy atom. The number of rotatable bonds is 4. The normalized spacial score (nSPS) is 19.2. The molecule has 1 aromatic rings. The molecule has 17 heavy (non-hydrogen) atoms. The molecule has 0 heterocycles. The van der Waals surface area contributed by atoms with Gasteiger partial charge in [0, 0.05) is 6.61 Å². The molecule has 1 heteroatoms. The van der Waals surface area contributed by atoms with Crippen molar-refractivity contribution in [2.45, 2.75) is 45.4 Å². The summed E-state index contributed by atoms with van der Waals surface area (Å²) in [6, 6.07) is 8.71. The summed E-state index contributed by atoms with van der Waals surface area (Å²) in [6.45, 7) is 2.48. The highest BCUT2D eigenvalue weighted by molar-refractivity contribution is 5.22. The SMILES string of the molecule is Cc1cccc(CC(CO)C2CCCCC2)c1. The van der Waals surface area contributed by atoms with Crippen LogP contribution in [0.2, 0.25) is 0 Å². The Hall–Kier alpha value is -0.820. The van der Waals surface area contributed by atoms with Crippen molar-refractivity contribution in [1.29, 1.82) is 0 Å². The fourth-order valence-electron chi connectivity index (χ4n) is 3.13. The second kappa shape index (κ2) is 6.20. The van der Waals surface area contributed by atoms with Crippen LogP contribution in [0.4, 0.5) is 0 Å². The van der Waals surface area contributed by atoms with E-state index < -0.39 is 0 Å². The maximum absolute atomic E-state index is 9.61. The Bertz CT molecular complexity index is 339. The van der Waals surface area contributed by atoms with Crippen molar-refractivity contribution in [3.05, 3.63) is 35.4 Å². The van der Waals surface area contributed by atoms with Crippen LogP contribution < -0.4 is 0 Å². The van der Waals surface area contributed by atoms with Gasteiger partial charge in [0.05, 0.1) is 0 Å². The molecule has 0 saturated heterocycles. The van der Waals surface area contributed by atoms with Crippen LogP contribution in [0.3, 0.4) is 0 Å². The highest BCUT2D eigenvalue weighted by atomic mass is 16.3. The fraction of sp³-hybridized carbons (Fsp3) is 0.625. The van der Waals surface area contributed by atoms with Gasteiger partial charge < -0.3 is 5.11 Å². The topological polar surface area (TPSA) is 20.2 Å². The highest BCUT2D eigenvalue weighted by Crippen LogP contribution is 2.31. The molecule has 1 aliphatic carbocycles. The lowest BCUT2D eigenvalue weighted by molar-refractivity contribution is 0.147. The van der Waals surface area contributed by atoms with E-state index in [4.69, 9.17) is 0 Å². The lowest BCUT2D eigenvalue weighted by Crippen LogP contribution is -2.23. The van der Waals surface area contributed by atoms with Crippen LogP contribution >= 0.6 is 0 Å². The van der Waals surface area contributed by atoms with Crippen molar-refractivity contribution in [3.63, 3.8) is 0 Å². The standard InChI is InChI=1S/C16H24O/c1-13-6-5-7-14(10-13)11-16(12-17)15-8-3-2-4-9-15/h5-7,10,15-17H,2-4,8-9,11-12H2,1H3. The van der Waals surface area contributed by atoms with Gasteiger partial charge in [0.1, 0.15) is 0 Å². The molecule has 0 aromatic heterocycles. The van der Waals surface area contributed by atoms with Gasteiger partial charge in [-0.1, -0.05) is 61.9 Å².